The second-order valence-corrected chi connectivity index (χ2v) is 5.29. The third-order valence-electron chi connectivity index (χ3n) is 3.63. The summed E-state index contributed by atoms with van der Waals surface area (Å²) < 4.78 is 0. The fourth-order valence-corrected chi connectivity index (χ4v) is 2.30. The van der Waals surface area contributed by atoms with Crippen LogP contribution in [0.15, 0.2) is 0 Å². The molecule has 0 aromatic carbocycles. The number of piperidine rings is 1. The van der Waals surface area contributed by atoms with Crippen LogP contribution in [-0.4, -0.2) is 52.9 Å². The molecule has 1 aliphatic heterocycles. The Hall–Kier alpha value is -1.30. The smallest absolute Gasteiger partial charge is 0.317 e. The predicted molar refractivity (Wildman–Crippen MR) is 70.8 cm³/mol. The van der Waals surface area contributed by atoms with Gasteiger partial charge in [0, 0.05) is 19.6 Å². The lowest BCUT2D eigenvalue weighted by atomic mass is 9.97. The standard InChI is InChI=1S/C13H24N2O4/c1-3-4-10(12(17)18)7-14-13(19)15-6-5-11(16)9(2)8-15/h9-11,16H,3-8H2,1-2H3,(H,14,19)(H,17,18). The molecule has 0 spiro atoms. The van der Waals surface area contributed by atoms with E-state index in [9.17, 15) is 14.7 Å². The number of aliphatic hydroxyl groups excluding tert-OH is 1. The van der Waals surface area contributed by atoms with E-state index in [0.717, 1.165) is 6.42 Å². The molecule has 3 atom stereocenters. The Morgan fingerprint density at radius 1 is 1.47 bits per heavy atom. The molecule has 6 nitrogen and oxygen atoms in total. The van der Waals surface area contributed by atoms with Gasteiger partial charge in [-0.15, -0.1) is 0 Å². The van der Waals surface area contributed by atoms with Gasteiger partial charge in [-0.2, -0.15) is 0 Å². The molecule has 1 heterocycles. The first kappa shape index (κ1) is 15.8. The number of amides is 2. The van der Waals surface area contributed by atoms with Crippen LogP contribution in [-0.2, 0) is 4.79 Å². The van der Waals surface area contributed by atoms with Crippen LogP contribution in [0.2, 0.25) is 0 Å². The Balaban J connectivity index is 2.40. The quantitative estimate of drug-likeness (QED) is 0.693. The highest BCUT2D eigenvalue weighted by molar-refractivity contribution is 5.76. The predicted octanol–water partition coefficient (Wildman–Crippen LogP) is 0.900. The Morgan fingerprint density at radius 2 is 2.16 bits per heavy atom. The van der Waals surface area contributed by atoms with Crippen LogP contribution in [0.25, 0.3) is 0 Å². The van der Waals surface area contributed by atoms with Gasteiger partial charge in [0.2, 0.25) is 0 Å². The molecule has 0 radical (unpaired) electrons. The van der Waals surface area contributed by atoms with Crippen LogP contribution < -0.4 is 5.32 Å². The summed E-state index contributed by atoms with van der Waals surface area (Å²) in [6.07, 6.45) is 1.56. The number of nitrogens with one attached hydrogen (secondary N) is 1. The molecule has 1 aliphatic rings. The number of carbonyl (C=O) groups is 2. The van der Waals surface area contributed by atoms with Crippen molar-refractivity contribution in [1.29, 1.82) is 0 Å². The Kier molecular flexibility index (Phi) is 6.08. The van der Waals surface area contributed by atoms with E-state index in [4.69, 9.17) is 5.11 Å². The molecular weight excluding hydrogens is 248 g/mol. The van der Waals surface area contributed by atoms with E-state index in [1.165, 1.54) is 0 Å². The summed E-state index contributed by atoms with van der Waals surface area (Å²) in [5, 5.41) is 21.3. The highest BCUT2D eigenvalue weighted by Gasteiger charge is 2.27. The molecule has 0 aromatic heterocycles. The maximum absolute atomic E-state index is 11.9. The van der Waals surface area contributed by atoms with Crippen molar-refractivity contribution in [2.75, 3.05) is 19.6 Å². The summed E-state index contributed by atoms with van der Waals surface area (Å²) in [5.41, 5.74) is 0. The van der Waals surface area contributed by atoms with E-state index in [1.807, 2.05) is 13.8 Å². The molecule has 19 heavy (non-hydrogen) atoms. The van der Waals surface area contributed by atoms with Crippen molar-refractivity contribution < 1.29 is 19.8 Å². The molecule has 110 valence electrons. The summed E-state index contributed by atoms with van der Waals surface area (Å²) in [5.74, 6) is -1.34. The number of hydrogen-bond acceptors (Lipinski definition) is 3. The Morgan fingerprint density at radius 3 is 2.68 bits per heavy atom. The minimum atomic E-state index is -0.871. The molecule has 1 rings (SSSR count). The van der Waals surface area contributed by atoms with Crippen LogP contribution in [0.5, 0.6) is 0 Å². The third-order valence-corrected chi connectivity index (χ3v) is 3.63. The van der Waals surface area contributed by atoms with E-state index in [0.29, 0.717) is 25.9 Å². The third kappa shape index (κ3) is 4.70. The summed E-state index contributed by atoms with van der Waals surface area (Å²) in [6, 6.07) is -0.235. The van der Waals surface area contributed by atoms with E-state index >= 15 is 0 Å². The lowest BCUT2D eigenvalue weighted by molar-refractivity contribution is -0.141. The van der Waals surface area contributed by atoms with Gasteiger partial charge in [0.05, 0.1) is 12.0 Å². The lowest BCUT2D eigenvalue weighted by Gasteiger charge is -2.34. The average Bonchev–Trinajstić information content (AvgIpc) is 2.37. The number of carbonyl (C=O) groups excluding carboxylic acids is 1. The summed E-state index contributed by atoms with van der Waals surface area (Å²) in [4.78, 5) is 24.5. The van der Waals surface area contributed by atoms with Gasteiger partial charge < -0.3 is 20.4 Å². The van der Waals surface area contributed by atoms with Crippen molar-refractivity contribution in [2.45, 2.75) is 39.2 Å². The number of rotatable bonds is 5. The molecule has 3 unspecified atom stereocenters. The zero-order valence-electron chi connectivity index (χ0n) is 11.6. The maximum Gasteiger partial charge on any atom is 0.317 e. The van der Waals surface area contributed by atoms with Crippen molar-refractivity contribution in [3.05, 3.63) is 0 Å². The molecule has 1 fully saturated rings. The minimum absolute atomic E-state index is 0.0606. The largest absolute Gasteiger partial charge is 0.481 e. The van der Waals surface area contributed by atoms with Gasteiger partial charge in [-0.25, -0.2) is 4.79 Å². The monoisotopic (exact) mass is 272 g/mol. The fourth-order valence-electron chi connectivity index (χ4n) is 2.30. The number of aliphatic hydroxyl groups is 1. The SMILES string of the molecule is CCCC(CNC(=O)N1CCC(O)C(C)C1)C(=O)O. The maximum atomic E-state index is 11.9. The van der Waals surface area contributed by atoms with E-state index in [1.54, 1.807) is 4.90 Å². The van der Waals surface area contributed by atoms with Gasteiger partial charge >= 0.3 is 12.0 Å². The molecule has 0 aromatic rings. The molecule has 3 N–H and O–H groups in total. The van der Waals surface area contributed by atoms with Crippen molar-refractivity contribution >= 4 is 12.0 Å². The molecule has 1 saturated heterocycles. The number of urea groups is 1. The number of hydrogen-bond donors (Lipinski definition) is 3. The van der Waals surface area contributed by atoms with Crippen molar-refractivity contribution in [3.63, 3.8) is 0 Å². The first-order valence-electron chi connectivity index (χ1n) is 6.89. The zero-order chi connectivity index (χ0) is 14.4. The molecule has 0 aliphatic carbocycles. The molecule has 0 bridgehead atoms. The van der Waals surface area contributed by atoms with Crippen LogP contribution in [0.4, 0.5) is 4.79 Å². The summed E-state index contributed by atoms with van der Waals surface area (Å²) >= 11 is 0. The van der Waals surface area contributed by atoms with Crippen LogP contribution in [0.3, 0.4) is 0 Å². The molecular formula is C13H24N2O4. The topological polar surface area (TPSA) is 89.9 Å². The van der Waals surface area contributed by atoms with Crippen molar-refractivity contribution in [1.82, 2.24) is 10.2 Å². The lowest BCUT2D eigenvalue weighted by Crippen LogP contribution is -2.50. The molecule has 6 heteroatoms. The van der Waals surface area contributed by atoms with E-state index < -0.39 is 11.9 Å². The minimum Gasteiger partial charge on any atom is -0.481 e. The summed E-state index contributed by atoms with van der Waals surface area (Å²) in [6.45, 7) is 5.02. The second-order valence-electron chi connectivity index (χ2n) is 5.29. The Bertz CT molecular complexity index is 322. The van der Waals surface area contributed by atoms with Gasteiger partial charge in [0.25, 0.3) is 0 Å². The number of nitrogens with zero attached hydrogens (tertiary/aromatic N) is 1. The van der Waals surface area contributed by atoms with E-state index in [-0.39, 0.29) is 24.6 Å². The van der Waals surface area contributed by atoms with Crippen LogP contribution in [0, 0.1) is 11.8 Å². The normalized spacial score (nSPS) is 24.9. The van der Waals surface area contributed by atoms with Gasteiger partial charge in [-0.1, -0.05) is 20.3 Å². The number of aliphatic carboxylic acids is 1. The number of carboxylic acid groups (broad SMARTS) is 1. The van der Waals surface area contributed by atoms with E-state index in [2.05, 4.69) is 5.32 Å². The Labute approximate surface area is 113 Å². The zero-order valence-corrected chi connectivity index (χ0v) is 11.6. The van der Waals surface area contributed by atoms with Crippen LogP contribution >= 0.6 is 0 Å². The van der Waals surface area contributed by atoms with Gasteiger partial charge in [0.1, 0.15) is 0 Å². The van der Waals surface area contributed by atoms with Gasteiger partial charge in [0.15, 0.2) is 0 Å². The second kappa shape index (κ2) is 7.33. The fraction of sp³-hybridized carbons (Fsp3) is 0.846. The first-order chi connectivity index (χ1) is 8.95. The number of likely N-dealkylation sites (tertiary alicyclic amines) is 1. The van der Waals surface area contributed by atoms with Gasteiger partial charge in [-0.3, -0.25) is 4.79 Å². The highest BCUT2D eigenvalue weighted by atomic mass is 16.4. The van der Waals surface area contributed by atoms with Crippen molar-refractivity contribution in [2.24, 2.45) is 11.8 Å². The van der Waals surface area contributed by atoms with Crippen molar-refractivity contribution in [3.8, 4) is 0 Å². The van der Waals surface area contributed by atoms with Crippen LogP contribution in [0.1, 0.15) is 33.1 Å². The number of carboxylic acids is 1. The summed E-state index contributed by atoms with van der Waals surface area (Å²) in [7, 11) is 0. The highest BCUT2D eigenvalue weighted by Crippen LogP contribution is 2.16. The first-order valence-corrected chi connectivity index (χ1v) is 6.89. The average molecular weight is 272 g/mol. The molecule has 2 amide bonds. The molecule has 0 saturated carbocycles. The van der Waals surface area contributed by atoms with Gasteiger partial charge in [-0.05, 0) is 18.8 Å².